The van der Waals surface area contributed by atoms with Crippen LogP contribution >= 0.6 is 0 Å². The largest absolute Gasteiger partial charge is 0.422 e. The minimum absolute atomic E-state index is 0.115. The van der Waals surface area contributed by atoms with E-state index < -0.39 is 5.63 Å². The maximum absolute atomic E-state index is 12.0. The predicted molar refractivity (Wildman–Crippen MR) is 87.3 cm³/mol. The summed E-state index contributed by atoms with van der Waals surface area (Å²) in [6.07, 6.45) is 8.73. The molecular weight excluding hydrogens is 276 g/mol. The van der Waals surface area contributed by atoms with Gasteiger partial charge >= 0.3 is 5.63 Å². The van der Waals surface area contributed by atoms with E-state index in [1.54, 1.807) is 12.1 Å². The molecule has 1 aromatic carbocycles. The second-order valence-electron chi connectivity index (χ2n) is 5.15. The quantitative estimate of drug-likeness (QED) is 0.483. The van der Waals surface area contributed by atoms with Crippen molar-refractivity contribution in [1.29, 1.82) is 0 Å². The van der Waals surface area contributed by atoms with Gasteiger partial charge in [0.1, 0.15) is 5.58 Å². The first-order valence-electron chi connectivity index (χ1n) is 7.09. The topological polar surface area (TPSA) is 47.3 Å². The van der Waals surface area contributed by atoms with E-state index in [2.05, 4.69) is 17.9 Å². The van der Waals surface area contributed by atoms with E-state index in [9.17, 15) is 9.59 Å². The summed E-state index contributed by atoms with van der Waals surface area (Å²) in [4.78, 5) is 23.0. The molecule has 0 amide bonds. The average Bonchev–Trinajstić information content (AvgIpc) is 2.45. The van der Waals surface area contributed by atoms with Gasteiger partial charge in [0.05, 0.1) is 5.56 Å². The lowest BCUT2D eigenvalue weighted by Gasteiger charge is -2.05. The molecule has 0 saturated heterocycles. The summed E-state index contributed by atoms with van der Waals surface area (Å²) in [5.41, 5.74) is 2.28. The van der Waals surface area contributed by atoms with E-state index >= 15 is 0 Å². The molecule has 22 heavy (non-hydrogen) atoms. The smallest absolute Gasteiger partial charge is 0.343 e. The van der Waals surface area contributed by atoms with Gasteiger partial charge in [0.15, 0.2) is 5.78 Å². The van der Waals surface area contributed by atoms with E-state index in [1.165, 1.54) is 19.1 Å². The maximum atomic E-state index is 12.0. The molecular formula is C19H14O3. The summed E-state index contributed by atoms with van der Waals surface area (Å²) >= 11 is 0. The van der Waals surface area contributed by atoms with Crippen LogP contribution in [0.4, 0.5) is 0 Å². The van der Waals surface area contributed by atoms with E-state index in [4.69, 9.17) is 4.42 Å². The molecule has 0 fully saturated rings. The van der Waals surface area contributed by atoms with Crippen LogP contribution < -0.4 is 5.63 Å². The standard InChI is InChI=1S/C19H14O3/c1-13(20)8-9-16-11-17-10-14-6-4-2-3-5-7-15(14)12-18(17)22-19(16)21/h4,6,8-12H,2-3H2,1H3/b6-4-,9-8+. The molecule has 3 nitrogen and oxygen atoms in total. The number of allylic oxidation sites excluding steroid dienone is 2. The van der Waals surface area contributed by atoms with Crippen LogP contribution in [0.3, 0.4) is 0 Å². The number of fused-ring (bicyclic) bond motifs is 2. The normalized spacial score (nSPS) is 14.8. The van der Waals surface area contributed by atoms with E-state index in [-0.39, 0.29) is 5.78 Å². The molecule has 108 valence electrons. The summed E-state index contributed by atoms with van der Waals surface area (Å²) in [6, 6.07) is 5.49. The fraction of sp³-hybridized carbons (Fsp3) is 0.158. The highest BCUT2D eigenvalue weighted by Gasteiger charge is 2.07. The van der Waals surface area contributed by atoms with Gasteiger partial charge in [-0.1, -0.05) is 24.0 Å². The fourth-order valence-electron chi connectivity index (χ4n) is 2.29. The Hall–Kier alpha value is -2.86. The van der Waals surface area contributed by atoms with E-state index in [0.29, 0.717) is 11.1 Å². The van der Waals surface area contributed by atoms with Crippen molar-refractivity contribution in [2.45, 2.75) is 19.8 Å². The molecule has 3 heteroatoms. The van der Waals surface area contributed by atoms with Crippen LogP contribution in [-0.2, 0) is 4.79 Å². The molecule has 1 aliphatic carbocycles. The molecule has 1 heterocycles. The van der Waals surface area contributed by atoms with Crippen LogP contribution in [0.1, 0.15) is 36.5 Å². The van der Waals surface area contributed by atoms with Gasteiger partial charge in [0, 0.05) is 17.4 Å². The Balaban J connectivity index is 2.19. The second-order valence-corrected chi connectivity index (χ2v) is 5.15. The summed E-state index contributed by atoms with van der Waals surface area (Å²) < 4.78 is 5.35. The van der Waals surface area contributed by atoms with E-state index in [1.807, 2.05) is 12.1 Å². The van der Waals surface area contributed by atoms with Crippen molar-refractivity contribution in [3.05, 3.63) is 57.5 Å². The zero-order valence-electron chi connectivity index (χ0n) is 12.2. The summed E-state index contributed by atoms with van der Waals surface area (Å²) in [5, 5.41) is 0.813. The first-order chi connectivity index (χ1) is 10.6. The Labute approximate surface area is 128 Å². The van der Waals surface area contributed by atoms with Crippen LogP contribution in [0.2, 0.25) is 0 Å². The lowest BCUT2D eigenvalue weighted by molar-refractivity contribution is -0.112. The van der Waals surface area contributed by atoms with Crippen molar-refractivity contribution in [2.24, 2.45) is 0 Å². The second kappa shape index (κ2) is 5.87. The lowest BCUT2D eigenvalue weighted by atomic mass is 10.0. The Morgan fingerprint density at radius 2 is 2.18 bits per heavy atom. The fourth-order valence-corrected chi connectivity index (χ4v) is 2.29. The molecule has 0 aliphatic heterocycles. The molecule has 0 spiro atoms. The van der Waals surface area contributed by atoms with Crippen molar-refractivity contribution in [3.8, 4) is 11.8 Å². The minimum atomic E-state index is -0.459. The van der Waals surface area contributed by atoms with Crippen molar-refractivity contribution in [3.63, 3.8) is 0 Å². The first-order valence-corrected chi connectivity index (χ1v) is 7.09. The molecule has 3 rings (SSSR count). The van der Waals surface area contributed by atoms with E-state index in [0.717, 1.165) is 29.4 Å². The third kappa shape index (κ3) is 2.91. The minimum Gasteiger partial charge on any atom is -0.422 e. The Morgan fingerprint density at radius 1 is 1.32 bits per heavy atom. The van der Waals surface area contributed by atoms with Crippen LogP contribution in [-0.4, -0.2) is 5.78 Å². The Bertz CT molecular complexity index is 931. The van der Waals surface area contributed by atoms with Crippen molar-refractivity contribution in [2.75, 3.05) is 0 Å². The molecule has 0 radical (unpaired) electrons. The highest BCUT2D eigenvalue weighted by molar-refractivity contribution is 5.92. The average molecular weight is 290 g/mol. The summed E-state index contributed by atoms with van der Waals surface area (Å²) in [5.74, 6) is 6.09. The van der Waals surface area contributed by atoms with Gasteiger partial charge in [-0.05, 0) is 49.3 Å². The number of carbonyl (C=O) groups excluding carboxylic acids is 1. The van der Waals surface area contributed by atoms with Crippen LogP contribution in [0.15, 0.2) is 39.6 Å². The van der Waals surface area contributed by atoms with Gasteiger partial charge in [0.25, 0.3) is 0 Å². The maximum Gasteiger partial charge on any atom is 0.343 e. The lowest BCUT2D eigenvalue weighted by Crippen LogP contribution is -2.03. The molecule has 1 aromatic heterocycles. The Morgan fingerprint density at radius 3 is 3.00 bits per heavy atom. The Kier molecular flexibility index (Phi) is 3.76. The summed E-state index contributed by atoms with van der Waals surface area (Å²) in [6.45, 7) is 1.44. The molecule has 0 N–H and O–H groups in total. The number of benzene rings is 1. The monoisotopic (exact) mass is 290 g/mol. The molecule has 0 bridgehead atoms. The number of carbonyl (C=O) groups is 1. The third-order valence-electron chi connectivity index (χ3n) is 3.39. The van der Waals surface area contributed by atoms with Crippen molar-refractivity contribution < 1.29 is 9.21 Å². The summed E-state index contributed by atoms with van der Waals surface area (Å²) in [7, 11) is 0. The molecule has 1 aliphatic rings. The van der Waals surface area contributed by atoms with Gasteiger partial charge in [-0.3, -0.25) is 4.79 Å². The SMILES string of the molecule is CC(=O)/C=C/c1cc2cc3c(cc2oc1=O)C#CCC/C=C\3. The van der Waals surface area contributed by atoms with Crippen LogP contribution in [0, 0.1) is 11.8 Å². The van der Waals surface area contributed by atoms with Gasteiger partial charge < -0.3 is 4.42 Å². The van der Waals surface area contributed by atoms with Crippen molar-refractivity contribution >= 4 is 28.9 Å². The van der Waals surface area contributed by atoms with Crippen molar-refractivity contribution in [1.82, 2.24) is 0 Å². The number of hydrogen-bond donors (Lipinski definition) is 0. The zero-order chi connectivity index (χ0) is 15.5. The molecule has 0 saturated carbocycles. The van der Waals surface area contributed by atoms with Crippen LogP contribution in [0.25, 0.3) is 23.1 Å². The highest BCUT2D eigenvalue weighted by atomic mass is 16.4. The van der Waals surface area contributed by atoms with Gasteiger partial charge in [-0.25, -0.2) is 4.79 Å². The predicted octanol–water partition coefficient (Wildman–Crippen LogP) is 3.55. The number of hydrogen-bond acceptors (Lipinski definition) is 3. The molecule has 0 unspecified atom stereocenters. The molecule has 2 aromatic rings. The zero-order valence-corrected chi connectivity index (χ0v) is 12.2. The third-order valence-corrected chi connectivity index (χ3v) is 3.39. The van der Waals surface area contributed by atoms with Gasteiger partial charge in [-0.15, -0.1) is 0 Å². The number of rotatable bonds is 2. The first kappa shape index (κ1) is 14.1. The highest BCUT2D eigenvalue weighted by Crippen LogP contribution is 2.22. The molecule has 0 atom stereocenters. The van der Waals surface area contributed by atoms with Crippen LogP contribution in [0.5, 0.6) is 0 Å². The van der Waals surface area contributed by atoms with Gasteiger partial charge in [-0.2, -0.15) is 0 Å². The van der Waals surface area contributed by atoms with Gasteiger partial charge in [0.2, 0.25) is 0 Å². The number of ketones is 1.